The van der Waals surface area contributed by atoms with Gasteiger partial charge in [0.2, 0.25) is 0 Å². The first-order valence-corrected chi connectivity index (χ1v) is 8.26. The van der Waals surface area contributed by atoms with Gasteiger partial charge >= 0.3 is 0 Å². The van der Waals surface area contributed by atoms with Gasteiger partial charge in [-0.15, -0.1) is 24.0 Å². The lowest BCUT2D eigenvalue weighted by atomic mass is 10.0. The summed E-state index contributed by atoms with van der Waals surface area (Å²) < 4.78 is 7.80. The molecule has 2 N–H and O–H groups in total. The molecule has 0 aromatic carbocycles. The van der Waals surface area contributed by atoms with Crippen LogP contribution in [0.15, 0.2) is 23.7 Å². The summed E-state index contributed by atoms with van der Waals surface area (Å²) in [6, 6.07) is 0. The van der Waals surface area contributed by atoms with Crippen molar-refractivity contribution in [2.45, 2.75) is 46.8 Å². The Morgan fingerprint density at radius 3 is 2.65 bits per heavy atom. The van der Waals surface area contributed by atoms with Crippen molar-refractivity contribution >= 4 is 29.9 Å². The monoisotopic (exact) mass is 437 g/mol. The van der Waals surface area contributed by atoms with Gasteiger partial charge in [0, 0.05) is 45.2 Å². The Balaban J connectivity index is 0.00000484. The van der Waals surface area contributed by atoms with E-state index in [4.69, 9.17) is 4.74 Å². The number of imidazole rings is 1. The fourth-order valence-corrected chi connectivity index (χ4v) is 2.19. The Morgan fingerprint density at radius 1 is 1.30 bits per heavy atom. The van der Waals surface area contributed by atoms with Crippen molar-refractivity contribution in [1.82, 2.24) is 20.2 Å². The van der Waals surface area contributed by atoms with E-state index >= 15 is 0 Å². The summed E-state index contributed by atoms with van der Waals surface area (Å²) in [5, 5.41) is 6.61. The van der Waals surface area contributed by atoms with Gasteiger partial charge in [-0.2, -0.15) is 0 Å². The summed E-state index contributed by atoms with van der Waals surface area (Å²) in [6.07, 6.45) is 6.80. The third-order valence-corrected chi connectivity index (χ3v) is 3.37. The molecule has 1 heterocycles. The Morgan fingerprint density at radius 2 is 2.09 bits per heavy atom. The van der Waals surface area contributed by atoms with Crippen molar-refractivity contribution in [3.05, 3.63) is 18.7 Å². The topological polar surface area (TPSA) is 63.5 Å². The van der Waals surface area contributed by atoms with Crippen molar-refractivity contribution < 1.29 is 4.74 Å². The number of aliphatic imine (C=N–C) groups is 1. The van der Waals surface area contributed by atoms with Crippen molar-refractivity contribution in [1.29, 1.82) is 0 Å². The highest BCUT2D eigenvalue weighted by Crippen LogP contribution is 2.10. The van der Waals surface area contributed by atoms with Gasteiger partial charge < -0.3 is 19.9 Å². The first-order valence-electron chi connectivity index (χ1n) is 8.26. The standard InChI is InChI=1S/C16H31N5O.HI/c1-5-18-16(20-10-12-21-11-9-17-13-21)19-8-7-15(14(3)4)22-6-2;/h9,11,13-15H,5-8,10,12H2,1-4H3,(H2,18,19,20);1H. The predicted molar refractivity (Wildman–Crippen MR) is 106 cm³/mol. The highest BCUT2D eigenvalue weighted by atomic mass is 127. The van der Waals surface area contributed by atoms with Crippen molar-refractivity contribution in [3.8, 4) is 0 Å². The molecule has 1 unspecified atom stereocenters. The molecular formula is C16H32IN5O. The lowest BCUT2D eigenvalue weighted by Gasteiger charge is -2.20. The van der Waals surface area contributed by atoms with Crippen molar-refractivity contribution in [3.63, 3.8) is 0 Å². The molecule has 7 heteroatoms. The Bertz CT molecular complexity index is 409. The number of halogens is 1. The Labute approximate surface area is 157 Å². The molecule has 0 fully saturated rings. The quantitative estimate of drug-likeness (QED) is 0.336. The molecule has 0 bridgehead atoms. The van der Waals surface area contributed by atoms with E-state index in [-0.39, 0.29) is 30.1 Å². The van der Waals surface area contributed by atoms with Crippen LogP contribution in [0, 0.1) is 5.92 Å². The van der Waals surface area contributed by atoms with Crippen molar-refractivity contribution in [2.75, 3.05) is 26.2 Å². The average Bonchev–Trinajstić information content (AvgIpc) is 2.99. The summed E-state index contributed by atoms with van der Waals surface area (Å²) >= 11 is 0. The van der Waals surface area contributed by atoms with E-state index < -0.39 is 0 Å². The lowest BCUT2D eigenvalue weighted by molar-refractivity contribution is 0.0266. The molecule has 1 atom stereocenters. The molecule has 0 saturated carbocycles. The summed E-state index contributed by atoms with van der Waals surface area (Å²) in [6.45, 7) is 12.6. The lowest BCUT2D eigenvalue weighted by Crippen LogP contribution is -2.39. The number of nitrogens with zero attached hydrogens (tertiary/aromatic N) is 3. The van der Waals surface area contributed by atoms with Crippen LogP contribution in [0.25, 0.3) is 0 Å². The molecule has 1 aromatic rings. The molecule has 134 valence electrons. The summed E-state index contributed by atoms with van der Waals surface area (Å²) in [5.74, 6) is 1.38. The van der Waals surface area contributed by atoms with Crippen LogP contribution in [0.4, 0.5) is 0 Å². The second-order valence-corrected chi connectivity index (χ2v) is 5.51. The molecule has 0 radical (unpaired) electrons. The van der Waals surface area contributed by atoms with Gasteiger partial charge in [-0.1, -0.05) is 13.8 Å². The van der Waals surface area contributed by atoms with Gasteiger partial charge in [0.25, 0.3) is 0 Å². The zero-order valence-electron chi connectivity index (χ0n) is 14.8. The van der Waals surface area contributed by atoms with Crippen LogP contribution >= 0.6 is 24.0 Å². The van der Waals surface area contributed by atoms with Gasteiger partial charge in [-0.25, -0.2) is 4.98 Å². The minimum atomic E-state index is 0. The van der Waals surface area contributed by atoms with Crippen LogP contribution in [0.5, 0.6) is 0 Å². The zero-order valence-corrected chi connectivity index (χ0v) is 17.1. The van der Waals surface area contributed by atoms with Crippen LogP contribution in [0.2, 0.25) is 0 Å². The number of guanidine groups is 1. The highest BCUT2D eigenvalue weighted by molar-refractivity contribution is 14.0. The maximum atomic E-state index is 5.75. The maximum absolute atomic E-state index is 5.75. The van der Waals surface area contributed by atoms with Gasteiger partial charge in [0.1, 0.15) is 0 Å². The average molecular weight is 437 g/mol. The van der Waals surface area contributed by atoms with E-state index in [1.807, 2.05) is 24.0 Å². The smallest absolute Gasteiger partial charge is 0.191 e. The molecule has 0 aliphatic carbocycles. The molecular weight excluding hydrogens is 405 g/mol. The Hall–Kier alpha value is -0.830. The van der Waals surface area contributed by atoms with Gasteiger partial charge in [0.15, 0.2) is 5.96 Å². The fourth-order valence-electron chi connectivity index (χ4n) is 2.19. The molecule has 0 saturated heterocycles. The third-order valence-electron chi connectivity index (χ3n) is 3.37. The van der Waals surface area contributed by atoms with E-state index in [1.165, 1.54) is 0 Å². The number of aromatic nitrogens is 2. The highest BCUT2D eigenvalue weighted by Gasteiger charge is 2.12. The zero-order chi connectivity index (χ0) is 16.2. The van der Waals surface area contributed by atoms with Gasteiger partial charge in [-0.05, 0) is 26.2 Å². The second-order valence-electron chi connectivity index (χ2n) is 5.51. The molecule has 23 heavy (non-hydrogen) atoms. The number of nitrogens with one attached hydrogen (secondary N) is 2. The van der Waals surface area contributed by atoms with E-state index in [2.05, 4.69) is 41.4 Å². The minimum absolute atomic E-state index is 0. The maximum Gasteiger partial charge on any atom is 0.191 e. The van der Waals surface area contributed by atoms with Gasteiger partial charge in [-0.3, -0.25) is 4.99 Å². The first kappa shape index (κ1) is 22.2. The molecule has 1 rings (SSSR count). The first-order chi connectivity index (χ1) is 10.7. The largest absolute Gasteiger partial charge is 0.378 e. The number of hydrogen-bond acceptors (Lipinski definition) is 3. The Kier molecular flexibility index (Phi) is 13.1. The van der Waals surface area contributed by atoms with Crippen LogP contribution in [0.1, 0.15) is 34.1 Å². The van der Waals surface area contributed by atoms with Crippen molar-refractivity contribution in [2.24, 2.45) is 10.9 Å². The van der Waals surface area contributed by atoms with Gasteiger partial charge in [0.05, 0.1) is 12.4 Å². The summed E-state index contributed by atoms with van der Waals surface area (Å²) in [4.78, 5) is 8.66. The van der Waals surface area contributed by atoms with Crippen LogP contribution < -0.4 is 10.6 Å². The van der Waals surface area contributed by atoms with Crippen LogP contribution in [-0.2, 0) is 11.3 Å². The van der Waals surface area contributed by atoms with E-state index in [0.717, 1.165) is 45.2 Å². The molecule has 1 aromatic heterocycles. The number of ether oxygens (including phenoxy) is 1. The second kappa shape index (κ2) is 13.6. The number of rotatable bonds is 10. The third kappa shape index (κ3) is 9.80. The molecule has 0 amide bonds. The summed E-state index contributed by atoms with van der Waals surface area (Å²) in [7, 11) is 0. The number of hydrogen-bond donors (Lipinski definition) is 2. The van der Waals surface area contributed by atoms with Crippen LogP contribution in [-0.4, -0.2) is 47.9 Å². The minimum Gasteiger partial charge on any atom is -0.378 e. The molecule has 6 nitrogen and oxygen atoms in total. The van der Waals surface area contributed by atoms with Crippen LogP contribution in [0.3, 0.4) is 0 Å². The summed E-state index contributed by atoms with van der Waals surface area (Å²) in [5.41, 5.74) is 0. The van der Waals surface area contributed by atoms with E-state index in [9.17, 15) is 0 Å². The van der Waals surface area contributed by atoms with E-state index in [1.54, 1.807) is 6.20 Å². The predicted octanol–water partition coefficient (Wildman–Crippen LogP) is 2.51. The molecule has 0 aliphatic heterocycles. The van der Waals surface area contributed by atoms with E-state index in [0.29, 0.717) is 5.92 Å². The SMILES string of the molecule is CCNC(=NCCC(OCC)C(C)C)NCCn1ccnc1.I. The molecule has 0 aliphatic rings. The fraction of sp³-hybridized carbons (Fsp3) is 0.750. The normalized spacial score (nSPS) is 12.8. The molecule has 0 spiro atoms.